The molecule has 0 aliphatic carbocycles. The number of piperidine rings is 1. The average Bonchev–Trinajstić information content (AvgIpc) is 2.96. The summed E-state index contributed by atoms with van der Waals surface area (Å²) in [5, 5.41) is 13.1. The predicted molar refractivity (Wildman–Crippen MR) is 151 cm³/mol. The Kier molecular flexibility index (Phi) is 7.89. The lowest BCUT2D eigenvalue weighted by atomic mass is 9.96. The molecule has 1 N–H and O–H groups in total. The Morgan fingerprint density at radius 1 is 0.676 bits per heavy atom. The second-order valence-electron chi connectivity index (χ2n) is 9.43. The fourth-order valence-corrected chi connectivity index (χ4v) is 6.09. The van der Waals surface area contributed by atoms with E-state index in [2.05, 4.69) is 17.0 Å². The van der Waals surface area contributed by atoms with Gasteiger partial charge >= 0.3 is 0 Å². The van der Waals surface area contributed by atoms with E-state index in [-0.39, 0.29) is 31.5 Å². The molecule has 1 unspecified atom stereocenters. The van der Waals surface area contributed by atoms with Gasteiger partial charge in [-0.3, -0.25) is 14.5 Å². The van der Waals surface area contributed by atoms with Gasteiger partial charge in [-0.05, 0) is 48.9 Å². The maximum absolute atomic E-state index is 13.4. The largest absolute Gasteiger partial charge is 0.507 e. The molecular weight excluding hydrogens is 477 g/mol. The quantitative estimate of drug-likeness (QED) is 0.254. The first-order valence-corrected chi connectivity index (χ1v) is 13.7. The lowest BCUT2D eigenvalue weighted by molar-refractivity contribution is 0.103. The molecule has 0 spiro atoms. The van der Waals surface area contributed by atoms with Crippen LogP contribution in [0.25, 0.3) is 0 Å². The number of hydrogen-bond acceptors (Lipinski definition) is 4. The smallest absolute Gasteiger partial charge is 0.196 e. The van der Waals surface area contributed by atoms with Gasteiger partial charge in [-0.25, -0.2) is 0 Å². The lowest BCUT2D eigenvalue weighted by Crippen LogP contribution is -2.30. The molecule has 4 aromatic rings. The number of nitrogens with zero attached hydrogens (tertiary/aromatic N) is 1. The van der Waals surface area contributed by atoms with Crippen LogP contribution in [-0.2, 0) is 6.54 Å². The molecule has 1 saturated heterocycles. The van der Waals surface area contributed by atoms with E-state index in [0.717, 1.165) is 24.9 Å². The molecule has 0 aromatic heterocycles. The number of aromatic hydroxyl groups is 1. The van der Waals surface area contributed by atoms with Crippen LogP contribution < -0.4 is 10.6 Å². The van der Waals surface area contributed by atoms with Crippen molar-refractivity contribution in [3.63, 3.8) is 0 Å². The van der Waals surface area contributed by atoms with Gasteiger partial charge in [0.2, 0.25) is 0 Å². The summed E-state index contributed by atoms with van der Waals surface area (Å²) in [6, 6.07) is 29.5. The molecule has 186 valence electrons. The molecule has 1 aliphatic rings. The van der Waals surface area contributed by atoms with E-state index in [9.17, 15) is 14.7 Å². The van der Waals surface area contributed by atoms with Gasteiger partial charge in [0.1, 0.15) is 5.75 Å². The highest BCUT2D eigenvalue weighted by molar-refractivity contribution is 7.55. The molecule has 1 heterocycles. The van der Waals surface area contributed by atoms with Crippen LogP contribution in [0.4, 0.5) is 0 Å². The van der Waals surface area contributed by atoms with Gasteiger partial charge in [-0.2, -0.15) is 0 Å². The maximum Gasteiger partial charge on any atom is 0.196 e. The summed E-state index contributed by atoms with van der Waals surface area (Å²) in [6.45, 7) is 3.06. The fourth-order valence-electron chi connectivity index (χ4n) is 4.82. The Morgan fingerprint density at radius 3 is 1.95 bits per heavy atom. The van der Waals surface area contributed by atoms with Gasteiger partial charge in [-0.15, -0.1) is 0 Å². The Balaban J connectivity index is 1.55. The van der Waals surface area contributed by atoms with Crippen molar-refractivity contribution < 1.29 is 14.7 Å². The summed E-state index contributed by atoms with van der Waals surface area (Å²) in [7, 11) is 0.108. The number of likely N-dealkylation sites (tertiary alicyclic amines) is 1. The number of phenols is 1. The van der Waals surface area contributed by atoms with Gasteiger partial charge in [0.25, 0.3) is 0 Å². The van der Waals surface area contributed by atoms with Gasteiger partial charge < -0.3 is 5.11 Å². The highest BCUT2D eigenvalue weighted by atomic mass is 31.1. The second kappa shape index (κ2) is 11.6. The van der Waals surface area contributed by atoms with Crippen molar-refractivity contribution in [1.82, 2.24) is 4.90 Å². The van der Waals surface area contributed by atoms with Crippen LogP contribution >= 0.6 is 8.58 Å². The number of carbonyl (C=O) groups is 2. The van der Waals surface area contributed by atoms with Gasteiger partial charge in [0.15, 0.2) is 11.6 Å². The Bertz CT molecular complexity index is 1400. The predicted octanol–water partition coefficient (Wildman–Crippen LogP) is 5.47. The Morgan fingerprint density at radius 2 is 1.27 bits per heavy atom. The van der Waals surface area contributed by atoms with E-state index in [0.29, 0.717) is 22.0 Å². The van der Waals surface area contributed by atoms with Crippen LogP contribution in [0.1, 0.15) is 56.7 Å². The van der Waals surface area contributed by atoms with E-state index in [1.54, 1.807) is 42.5 Å². The molecule has 1 aliphatic heterocycles. The number of rotatable bonds is 8. The number of benzene rings is 4. The molecule has 0 bridgehead atoms. The average molecular weight is 508 g/mol. The number of phenolic OH excluding ortho intramolecular Hbond substituents is 1. The summed E-state index contributed by atoms with van der Waals surface area (Å²) in [5.74, 6) is -0.520. The molecule has 0 saturated carbocycles. The molecule has 1 fully saturated rings. The summed E-state index contributed by atoms with van der Waals surface area (Å²) < 4.78 is 0. The van der Waals surface area contributed by atoms with Gasteiger partial charge in [-0.1, -0.05) is 99.9 Å². The molecule has 5 heteroatoms. The molecule has 0 amide bonds. The first kappa shape index (κ1) is 25.1. The molecular formula is C32H30NO3P. The van der Waals surface area contributed by atoms with E-state index >= 15 is 0 Å². The molecule has 0 radical (unpaired) electrons. The van der Waals surface area contributed by atoms with Crippen LogP contribution in [0.3, 0.4) is 0 Å². The summed E-state index contributed by atoms with van der Waals surface area (Å²) in [4.78, 5) is 29.3. The zero-order chi connectivity index (χ0) is 25.6. The number of hydrogen-bond donors (Lipinski definition) is 1. The summed E-state index contributed by atoms with van der Waals surface area (Å²) >= 11 is 0. The number of carbonyl (C=O) groups excluding carboxylic acids is 2. The van der Waals surface area contributed by atoms with Crippen LogP contribution in [0.5, 0.6) is 5.75 Å². The van der Waals surface area contributed by atoms with Gasteiger partial charge in [0.05, 0.1) is 5.56 Å². The van der Waals surface area contributed by atoms with E-state index in [1.165, 1.54) is 30.9 Å². The third-order valence-corrected chi connectivity index (χ3v) is 8.23. The molecule has 1 atom stereocenters. The van der Waals surface area contributed by atoms with Crippen molar-refractivity contribution in [2.45, 2.75) is 25.8 Å². The van der Waals surface area contributed by atoms with Crippen LogP contribution in [0.2, 0.25) is 0 Å². The zero-order valence-corrected chi connectivity index (χ0v) is 21.7. The van der Waals surface area contributed by atoms with Crippen molar-refractivity contribution in [3.05, 3.63) is 125 Å². The lowest BCUT2D eigenvalue weighted by Gasteiger charge is -2.27. The molecule has 4 aromatic carbocycles. The molecule has 5 rings (SSSR count). The molecule has 4 nitrogen and oxygen atoms in total. The topological polar surface area (TPSA) is 57.6 Å². The van der Waals surface area contributed by atoms with E-state index in [4.69, 9.17) is 0 Å². The zero-order valence-electron chi connectivity index (χ0n) is 20.7. The monoisotopic (exact) mass is 507 g/mol. The van der Waals surface area contributed by atoms with Crippen molar-refractivity contribution in [2.75, 3.05) is 13.1 Å². The highest BCUT2D eigenvalue weighted by Crippen LogP contribution is 2.29. The first-order chi connectivity index (χ1) is 18.1. The van der Waals surface area contributed by atoms with Crippen LogP contribution in [0, 0.1) is 0 Å². The summed E-state index contributed by atoms with van der Waals surface area (Å²) in [5.41, 5.74) is 2.80. The maximum atomic E-state index is 13.4. The van der Waals surface area contributed by atoms with E-state index < -0.39 is 0 Å². The minimum atomic E-state index is -0.298. The van der Waals surface area contributed by atoms with Crippen molar-refractivity contribution >= 4 is 30.8 Å². The Hall–Kier alpha value is -3.59. The minimum Gasteiger partial charge on any atom is -0.507 e. The number of ketones is 2. The normalized spacial score (nSPS) is 14.2. The van der Waals surface area contributed by atoms with Crippen molar-refractivity contribution in [2.24, 2.45) is 0 Å². The third-order valence-electron chi connectivity index (χ3n) is 6.82. The standard InChI is InChI=1S/C32H30NO3P/c34-30(23-12-4-1-5-13-23)26-20-27(31(35)24-14-6-2-7-15-24)32(36)29(21-26)37-28-17-9-8-16-25(28)22-33-18-10-3-11-19-33/h1-2,4-9,12-17,20-21,36-37H,3,10-11,18-19,22H2. The first-order valence-electron chi connectivity index (χ1n) is 12.7. The molecule has 37 heavy (non-hydrogen) atoms. The van der Waals surface area contributed by atoms with E-state index in [1.807, 2.05) is 36.4 Å². The SMILES string of the molecule is O=C(c1ccccc1)c1cc(Pc2ccccc2CN2CCCCC2)c(O)c(C(=O)c2ccccc2)c1. The van der Waals surface area contributed by atoms with Gasteiger partial charge in [0, 0.05) is 28.5 Å². The van der Waals surface area contributed by atoms with Crippen LogP contribution in [-0.4, -0.2) is 34.7 Å². The van der Waals surface area contributed by atoms with Crippen LogP contribution in [0.15, 0.2) is 97.1 Å². The third kappa shape index (κ3) is 5.88. The Labute approximate surface area is 219 Å². The minimum absolute atomic E-state index is 0.0513. The fraction of sp³-hybridized carbons (Fsp3) is 0.188. The summed E-state index contributed by atoms with van der Waals surface area (Å²) in [6.07, 6.45) is 3.73. The second-order valence-corrected chi connectivity index (χ2v) is 10.8. The van der Waals surface area contributed by atoms with Crippen molar-refractivity contribution in [1.29, 1.82) is 0 Å². The van der Waals surface area contributed by atoms with Crippen molar-refractivity contribution in [3.8, 4) is 5.75 Å². The highest BCUT2D eigenvalue weighted by Gasteiger charge is 2.22.